The molecule has 23 heavy (non-hydrogen) atoms. The average molecular weight is 333 g/mol. The zero-order valence-electron chi connectivity index (χ0n) is 15.3. The smallest absolute Gasteiger partial charge is 0.441 e. The summed E-state index contributed by atoms with van der Waals surface area (Å²) in [7, 11) is 0. The van der Waals surface area contributed by atoms with Crippen molar-refractivity contribution in [1.29, 1.82) is 0 Å². The SMILES string of the molecule is CC(C)(C)OC(=O)ON(C(=O)OC(C)(C)C)C(=O)OC(C)(C)C. The Bertz CT molecular complexity index is 424. The van der Waals surface area contributed by atoms with Crippen LogP contribution in [0.25, 0.3) is 0 Å². The number of amides is 2. The van der Waals surface area contributed by atoms with Crippen LogP contribution < -0.4 is 0 Å². The summed E-state index contributed by atoms with van der Waals surface area (Å²) >= 11 is 0. The maximum Gasteiger partial charge on any atom is 0.534 e. The minimum atomic E-state index is -1.23. The molecule has 0 radical (unpaired) electrons. The first-order valence-corrected chi connectivity index (χ1v) is 7.17. The van der Waals surface area contributed by atoms with Gasteiger partial charge in [0.1, 0.15) is 16.8 Å². The second-order valence-electron chi connectivity index (χ2n) is 7.81. The highest BCUT2D eigenvalue weighted by atomic mass is 16.9. The van der Waals surface area contributed by atoms with Gasteiger partial charge < -0.3 is 14.2 Å². The molecule has 0 unspecified atom stereocenters. The molecular weight excluding hydrogens is 306 g/mol. The van der Waals surface area contributed by atoms with Gasteiger partial charge in [-0.25, -0.2) is 14.4 Å². The Morgan fingerprint density at radius 2 is 0.913 bits per heavy atom. The summed E-state index contributed by atoms with van der Waals surface area (Å²) in [6.07, 6.45) is -3.59. The molecule has 0 saturated carbocycles. The molecule has 0 aromatic heterocycles. The lowest BCUT2D eigenvalue weighted by atomic mass is 10.2. The molecular formula is C15H27NO7. The lowest BCUT2D eigenvalue weighted by Gasteiger charge is -2.27. The summed E-state index contributed by atoms with van der Waals surface area (Å²) in [5.41, 5.74) is -2.64. The molecule has 0 saturated heterocycles. The molecule has 0 spiro atoms. The van der Waals surface area contributed by atoms with E-state index in [1.54, 1.807) is 62.3 Å². The number of hydrogen-bond donors (Lipinski definition) is 0. The van der Waals surface area contributed by atoms with E-state index in [1.807, 2.05) is 0 Å². The molecule has 0 heterocycles. The van der Waals surface area contributed by atoms with Crippen LogP contribution in [-0.2, 0) is 19.0 Å². The summed E-state index contributed by atoms with van der Waals surface area (Å²) in [5, 5.41) is 0.102. The van der Waals surface area contributed by atoms with E-state index in [4.69, 9.17) is 14.2 Å². The van der Waals surface area contributed by atoms with E-state index >= 15 is 0 Å². The normalized spacial score (nSPS) is 12.2. The van der Waals surface area contributed by atoms with Gasteiger partial charge in [-0.3, -0.25) is 4.84 Å². The second kappa shape index (κ2) is 7.06. The molecule has 8 nitrogen and oxygen atoms in total. The Morgan fingerprint density at radius 3 is 1.17 bits per heavy atom. The van der Waals surface area contributed by atoms with Crippen LogP contribution in [0, 0.1) is 0 Å². The van der Waals surface area contributed by atoms with E-state index in [9.17, 15) is 14.4 Å². The van der Waals surface area contributed by atoms with Crippen molar-refractivity contribution in [3.05, 3.63) is 0 Å². The highest BCUT2D eigenvalue weighted by Gasteiger charge is 2.36. The Morgan fingerprint density at radius 1 is 0.609 bits per heavy atom. The number of carbonyl (C=O) groups excluding carboxylic acids is 3. The molecule has 0 aliphatic heterocycles. The van der Waals surface area contributed by atoms with E-state index in [0.29, 0.717) is 0 Å². The molecule has 0 aromatic rings. The van der Waals surface area contributed by atoms with Crippen LogP contribution in [-0.4, -0.2) is 40.2 Å². The van der Waals surface area contributed by atoms with Crippen molar-refractivity contribution in [2.75, 3.05) is 0 Å². The number of nitrogens with zero attached hydrogens (tertiary/aromatic N) is 1. The number of hydrogen-bond acceptors (Lipinski definition) is 7. The minimum absolute atomic E-state index is 0.102. The molecule has 134 valence electrons. The number of carbonyl (C=O) groups is 3. The molecule has 2 amide bonds. The Balaban J connectivity index is 5.19. The Labute approximate surface area is 137 Å². The summed E-state index contributed by atoms with van der Waals surface area (Å²) < 4.78 is 15.0. The van der Waals surface area contributed by atoms with Crippen molar-refractivity contribution in [1.82, 2.24) is 5.06 Å². The van der Waals surface area contributed by atoms with Crippen molar-refractivity contribution in [2.24, 2.45) is 0 Å². The molecule has 8 heteroatoms. The summed E-state index contributed by atoms with van der Waals surface area (Å²) in [6, 6.07) is 0. The third kappa shape index (κ3) is 10.4. The fourth-order valence-electron chi connectivity index (χ4n) is 1.10. The summed E-state index contributed by atoms with van der Waals surface area (Å²) in [5.74, 6) is 0. The molecule has 0 aromatic carbocycles. The minimum Gasteiger partial charge on any atom is -0.441 e. The molecule has 0 fully saturated rings. The third-order valence-corrected chi connectivity index (χ3v) is 1.67. The van der Waals surface area contributed by atoms with E-state index < -0.39 is 35.1 Å². The van der Waals surface area contributed by atoms with E-state index in [0.717, 1.165) is 0 Å². The predicted octanol–water partition coefficient (Wildman–Crippen LogP) is 4.03. The molecule has 0 aliphatic rings. The van der Waals surface area contributed by atoms with Crippen molar-refractivity contribution >= 4 is 18.3 Å². The lowest BCUT2D eigenvalue weighted by molar-refractivity contribution is -0.130. The molecule has 0 atom stereocenters. The largest absolute Gasteiger partial charge is 0.534 e. The van der Waals surface area contributed by atoms with Gasteiger partial charge in [0.05, 0.1) is 0 Å². The van der Waals surface area contributed by atoms with Gasteiger partial charge in [0.15, 0.2) is 0 Å². The maximum atomic E-state index is 12.1. The van der Waals surface area contributed by atoms with Crippen LogP contribution in [0.2, 0.25) is 0 Å². The van der Waals surface area contributed by atoms with E-state index in [2.05, 4.69) is 4.84 Å². The van der Waals surface area contributed by atoms with Gasteiger partial charge in [-0.15, -0.1) is 0 Å². The molecule has 0 rings (SSSR count). The van der Waals surface area contributed by atoms with Crippen LogP contribution in [0.5, 0.6) is 0 Å². The average Bonchev–Trinajstić information content (AvgIpc) is 2.17. The van der Waals surface area contributed by atoms with E-state index in [-0.39, 0.29) is 5.06 Å². The third-order valence-electron chi connectivity index (χ3n) is 1.67. The number of hydroxylamine groups is 2. The quantitative estimate of drug-likeness (QED) is 0.375. The van der Waals surface area contributed by atoms with E-state index in [1.165, 1.54) is 0 Å². The van der Waals surface area contributed by atoms with Gasteiger partial charge >= 0.3 is 18.3 Å². The monoisotopic (exact) mass is 333 g/mol. The van der Waals surface area contributed by atoms with Crippen LogP contribution >= 0.6 is 0 Å². The van der Waals surface area contributed by atoms with Gasteiger partial charge in [-0.05, 0) is 67.4 Å². The second-order valence-corrected chi connectivity index (χ2v) is 7.81. The topological polar surface area (TPSA) is 91.4 Å². The van der Waals surface area contributed by atoms with Crippen molar-refractivity contribution in [2.45, 2.75) is 79.1 Å². The summed E-state index contributed by atoms with van der Waals surface area (Å²) in [6.45, 7) is 14.4. The molecule has 0 N–H and O–H groups in total. The zero-order valence-corrected chi connectivity index (χ0v) is 15.3. The predicted molar refractivity (Wildman–Crippen MR) is 81.6 cm³/mol. The van der Waals surface area contributed by atoms with Gasteiger partial charge in [0, 0.05) is 0 Å². The van der Waals surface area contributed by atoms with Crippen molar-refractivity contribution < 1.29 is 33.4 Å². The summed E-state index contributed by atoms with van der Waals surface area (Å²) in [4.78, 5) is 40.5. The van der Waals surface area contributed by atoms with Crippen LogP contribution in [0.1, 0.15) is 62.3 Å². The maximum absolute atomic E-state index is 12.1. The van der Waals surface area contributed by atoms with Gasteiger partial charge in [-0.2, -0.15) is 0 Å². The first-order chi connectivity index (χ1) is 10.0. The van der Waals surface area contributed by atoms with Crippen LogP contribution in [0.3, 0.4) is 0 Å². The van der Waals surface area contributed by atoms with Crippen LogP contribution in [0.15, 0.2) is 0 Å². The first-order valence-electron chi connectivity index (χ1n) is 7.17. The fourth-order valence-corrected chi connectivity index (χ4v) is 1.10. The van der Waals surface area contributed by atoms with Crippen molar-refractivity contribution in [3.8, 4) is 0 Å². The zero-order chi connectivity index (χ0) is 18.6. The Kier molecular flexibility index (Phi) is 6.45. The van der Waals surface area contributed by atoms with Crippen molar-refractivity contribution in [3.63, 3.8) is 0 Å². The Hall–Kier alpha value is -1.99. The van der Waals surface area contributed by atoms with Gasteiger partial charge in [0.2, 0.25) is 0 Å². The first kappa shape index (κ1) is 21.0. The highest BCUT2D eigenvalue weighted by Crippen LogP contribution is 2.16. The van der Waals surface area contributed by atoms with Gasteiger partial charge in [-0.1, -0.05) is 0 Å². The number of rotatable bonds is 0. The molecule has 0 bridgehead atoms. The fraction of sp³-hybridized carbons (Fsp3) is 0.800. The lowest BCUT2D eigenvalue weighted by Crippen LogP contribution is -2.45. The number of ether oxygens (including phenoxy) is 3. The number of imide groups is 1. The van der Waals surface area contributed by atoms with Gasteiger partial charge in [0.25, 0.3) is 0 Å². The standard InChI is InChI=1S/C15H27NO7/c1-13(2,3)20-10(17)16(11(18)21-14(4,5)6)23-12(19)22-15(7,8)9/h1-9H3. The molecule has 0 aliphatic carbocycles. The van der Waals surface area contributed by atoms with Crippen LogP contribution in [0.4, 0.5) is 14.4 Å². The highest BCUT2D eigenvalue weighted by molar-refractivity contribution is 5.88.